The number of likely N-dealkylation sites (tertiary alicyclic amines) is 1. The maximum atomic E-state index is 12.8. The summed E-state index contributed by atoms with van der Waals surface area (Å²) in [5, 5.41) is 0. The molecular formula is C23H30N2O6S. The van der Waals surface area contributed by atoms with Gasteiger partial charge in [0.25, 0.3) is 0 Å². The molecule has 2 aromatic rings. The van der Waals surface area contributed by atoms with Gasteiger partial charge < -0.3 is 19.1 Å². The quantitative estimate of drug-likeness (QED) is 0.583. The number of hydrogen-bond donors (Lipinski definition) is 1. The molecule has 174 valence electrons. The van der Waals surface area contributed by atoms with E-state index in [1.807, 2.05) is 36.1 Å². The standard InChI is InChI=1S/C23H30N2O6S/c1-4-31-18-9-7-17(8-10-18)20-6-5-15-25(20)23(26)13-14-24-32(27,28)19-11-12-21(29-2)22(16-19)30-3/h7-12,16,20,24H,4-6,13-15H2,1-3H3. The zero-order valence-corrected chi connectivity index (χ0v) is 19.5. The Morgan fingerprint density at radius 2 is 1.81 bits per heavy atom. The van der Waals surface area contributed by atoms with Gasteiger partial charge in [-0.15, -0.1) is 0 Å². The Balaban J connectivity index is 1.60. The van der Waals surface area contributed by atoms with Gasteiger partial charge in [-0.1, -0.05) is 12.1 Å². The number of hydrogen-bond acceptors (Lipinski definition) is 6. The summed E-state index contributed by atoms with van der Waals surface area (Å²) in [6.07, 6.45) is 1.89. The molecule has 2 aromatic carbocycles. The van der Waals surface area contributed by atoms with Gasteiger partial charge in [-0.05, 0) is 49.6 Å². The molecule has 8 nitrogen and oxygen atoms in total. The molecule has 1 aliphatic rings. The molecule has 1 fully saturated rings. The predicted molar refractivity (Wildman–Crippen MR) is 121 cm³/mol. The van der Waals surface area contributed by atoms with Crippen LogP contribution in [0.5, 0.6) is 17.2 Å². The number of methoxy groups -OCH3 is 2. The minimum atomic E-state index is -3.78. The number of amides is 1. The Bertz CT molecular complexity index is 1020. The van der Waals surface area contributed by atoms with Gasteiger partial charge in [0, 0.05) is 25.6 Å². The Hall–Kier alpha value is -2.78. The van der Waals surface area contributed by atoms with Crippen molar-refractivity contribution in [2.75, 3.05) is 33.9 Å². The Morgan fingerprint density at radius 1 is 1.09 bits per heavy atom. The Labute approximate surface area is 189 Å². The molecule has 0 aromatic heterocycles. The molecule has 1 aliphatic heterocycles. The van der Waals surface area contributed by atoms with Crippen LogP contribution in [0.2, 0.25) is 0 Å². The van der Waals surface area contributed by atoms with Crippen LogP contribution in [0.4, 0.5) is 0 Å². The molecule has 0 bridgehead atoms. The fourth-order valence-corrected chi connectivity index (χ4v) is 4.91. The number of benzene rings is 2. The highest BCUT2D eigenvalue weighted by Gasteiger charge is 2.30. The number of carbonyl (C=O) groups excluding carboxylic acids is 1. The molecule has 1 amide bonds. The molecule has 1 N–H and O–H groups in total. The first-order chi connectivity index (χ1) is 15.4. The van der Waals surface area contributed by atoms with Crippen LogP contribution in [0.25, 0.3) is 0 Å². The summed E-state index contributed by atoms with van der Waals surface area (Å²) >= 11 is 0. The second-order valence-corrected chi connectivity index (χ2v) is 9.18. The van der Waals surface area contributed by atoms with Gasteiger partial charge in [-0.2, -0.15) is 0 Å². The third kappa shape index (κ3) is 5.52. The van der Waals surface area contributed by atoms with Crippen molar-refractivity contribution in [3.05, 3.63) is 48.0 Å². The summed E-state index contributed by atoms with van der Waals surface area (Å²) in [4.78, 5) is 14.7. The van der Waals surface area contributed by atoms with Gasteiger partial charge in [-0.25, -0.2) is 13.1 Å². The molecular weight excluding hydrogens is 432 g/mol. The highest BCUT2D eigenvalue weighted by atomic mass is 32.2. The molecule has 0 spiro atoms. The smallest absolute Gasteiger partial charge is 0.240 e. The fourth-order valence-electron chi connectivity index (χ4n) is 3.87. The van der Waals surface area contributed by atoms with Crippen molar-refractivity contribution in [1.29, 1.82) is 0 Å². The number of nitrogens with zero attached hydrogens (tertiary/aromatic N) is 1. The summed E-state index contributed by atoms with van der Waals surface area (Å²) in [5.41, 5.74) is 1.06. The van der Waals surface area contributed by atoms with Crippen LogP contribution in [0.1, 0.15) is 37.8 Å². The lowest BCUT2D eigenvalue weighted by molar-refractivity contribution is -0.131. The van der Waals surface area contributed by atoms with Gasteiger partial charge in [-0.3, -0.25) is 4.79 Å². The van der Waals surface area contributed by atoms with Crippen molar-refractivity contribution >= 4 is 15.9 Å². The highest BCUT2D eigenvalue weighted by molar-refractivity contribution is 7.89. The molecule has 1 saturated heterocycles. The lowest BCUT2D eigenvalue weighted by Gasteiger charge is -2.25. The first-order valence-electron chi connectivity index (χ1n) is 10.6. The number of sulfonamides is 1. The van der Waals surface area contributed by atoms with E-state index >= 15 is 0 Å². The van der Waals surface area contributed by atoms with E-state index in [1.165, 1.54) is 32.4 Å². The molecule has 9 heteroatoms. The van der Waals surface area contributed by atoms with E-state index in [-0.39, 0.29) is 29.8 Å². The van der Waals surface area contributed by atoms with E-state index in [1.54, 1.807) is 0 Å². The number of carbonyl (C=O) groups is 1. The van der Waals surface area contributed by atoms with Crippen LogP contribution < -0.4 is 18.9 Å². The van der Waals surface area contributed by atoms with E-state index in [4.69, 9.17) is 14.2 Å². The maximum absolute atomic E-state index is 12.8. The van der Waals surface area contributed by atoms with Crippen LogP contribution in [0.15, 0.2) is 47.4 Å². The topological polar surface area (TPSA) is 94.2 Å². The highest BCUT2D eigenvalue weighted by Crippen LogP contribution is 2.33. The van der Waals surface area contributed by atoms with Gasteiger partial charge in [0.1, 0.15) is 5.75 Å². The van der Waals surface area contributed by atoms with E-state index in [0.717, 1.165) is 24.2 Å². The van der Waals surface area contributed by atoms with Crippen LogP contribution in [0.3, 0.4) is 0 Å². The van der Waals surface area contributed by atoms with Crippen molar-refractivity contribution in [3.63, 3.8) is 0 Å². The molecule has 0 saturated carbocycles. The third-order valence-corrected chi connectivity index (χ3v) is 6.90. The van der Waals surface area contributed by atoms with Gasteiger partial charge >= 0.3 is 0 Å². The van der Waals surface area contributed by atoms with Crippen LogP contribution in [0, 0.1) is 0 Å². The SMILES string of the molecule is CCOc1ccc(C2CCCN2C(=O)CCNS(=O)(=O)c2ccc(OC)c(OC)c2)cc1. The minimum Gasteiger partial charge on any atom is -0.494 e. The third-order valence-electron chi connectivity index (χ3n) is 5.45. The first-order valence-corrected chi connectivity index (χ1v) is 12.1. The second-order valence-electron chi connectivity index (χ2n) is 7.41. The normalized spacial score (nSPS) is 16.1. The molecule has 1 atom stereocenters. The zero-order chi connectivity index (χ0) is 23.1. The second kappa shape index (κ2) is 10.7. The van der Waals surface area contributed by atoms with E-state index in [9.17, 15) is 13.2 Å². The molecule has 3 rings (SSSR count). The van der Waals surface area contributed by atoms with Crippen molar-refractivity contribution < 1.29 is 27.4 Å². The largest absolute Gasteiger partial charge is 0.494 e. The van der Waals surface area contributed by atoms with Crippen LogP contribution in [-0.2, 0) is 14.8 Å². The molecule has 1 unspecified atom stereocenters. The average molecular weight is 463 g/mol. The molecule has 32 heavy (non-hydrogen) atoms. The summed E-state index contributed by atoms with van der Waals surface area (Å²) < 4.78 is 43.6. The molecule has 0 aliphatic carbocycles. The van der Waals surface area contributed by atoms with Crippen LogP contribution in [-0.4, -0.2) is 53.1 Å². The predicted octanol–water partition coefficient (Wildman–Crippen LogP) is 3.13. The van der Waals surface area contributed by atoms with Gasteiger partial charge in [0.05, 0.1) is 31.8 Å². The fraction of sp³-hybridized carbons (Fsp3) is 0.435. The Kier molecular flexibility index (Phi) is 7.98. The number of ether oxygens (including phenoxy) is 3. The van der Waals surface area contributed by atoms with Crippen molar-refractivity contribution in [2.24, 2.45) is 0 Å². The minimum absolute atomic E-state index is 0.000586. The molecule has 1 heterocycles. The zero-order valence-electron chi connectivity index (χ0n) is 18.7. The maximum Gasteiger partial charge on any atom is 0.240 e. The summed E-state index contributed by atoms with van der Waals surface area (Å²) in [6.45, 7) is 3.22. The van der Waals surface area contributed by atoms with Crippen LogP contribution >= 0.6 is 0 Å². The van der Waals surface area contributed by atoms with Crippen molar-refractivity contribution in [2.45, 2.75) is 37.1 Å². The summed E-state index contributed by atoms with van der Waals surface area (Å²) in [6, 6.07) is 12.2. The average Bonchev–Trinajstić information content (AvgIpc) is 3.29. The van der Waals surface area contributed by atoms with E-state index in [0.29, 0.717) is 24.7 Å². The monoisotopic (exact) mass is 462 g/mol. The number of nitrogens with one attached hydrogen (secondary N) is 1. The van der Waals surface area contributed by atoms with E-state index < -0.39 is 10.0 Å². The van der Waals surface area contributed by atoms with Gasteiger partial charge in [0.2, 0.25) is 15.9 Å². The lowest BCUT2D eigenvalue weighted by atomic mass is 10.0. The van der Waals surface area contributed by atoms with E-state index in [2.05, 4.69) is 4.72 Å². The lowest BCUT2D eigenvalue weighted by Crippen LogP contribution is -2.34. The first kappa shape index (κ1) is 23.9. The number of rotatable bonds is 10. The Morgan fingerprint density at radius 3 is 2.47 bits per heavy atom. The van der Waals surface area contributed by atoms with Crippen molar-refractivity contribution in [3.8, 4) is 17.2 Å². The summed E-state index contributed by atoms with van der Waals surface area (Å²) in [7, 11) is -0.861. The molecule has 0 radical (unpaired) electrons. The van der Waals surface area contributed by atoms with Crippen molar-refractivity contribution in [1.82, 2.24) is 9.62 Å². The summed E-state index contributed by atoms with van der Waals surface area (Å²) in [5.74, 6) is 1.49. The van der Waals surface area contributed by atoms with Gasteiger partial charge in [0.15, 0.2) is 11.5 Å².